The van der Waals surface area contributed by atoms with Crippen LogP contribution >= 0.6 is 0 Å². The number of piperazine rings is 1. The van der Waals surface area contributed by atoms with Crippen LogP contribution in [0.4, 0.5) is 8.78 Å². The van der Waals surface area contributed by atoms with Gasteiger partial charge in [-0.25, -0.2) is 13.8 Å². The van der Waals surface area contributed by atoms with Crippen molar-refractivity contribution in [3.63, 3.8) is 0 Å². The summed E-state index contributed by atoms with van der Waals surface area (Å²) in [5.41, 5.74) is 3.73. The number of aromatic nitrogens is 2. The molecule has 1 aliphatic heterocycles. The molecule has 0 saturated carbocycles. The highest BCUT2D eigenvalue weighted by molar-refractivity contribution is 5.99. The number of ether oxygens (including phenoxy) is 2. The average molecular weight is 479 g/mol. The van der Waals surface area contributed by atoms with Gasteiger partial charge in [0.15, 0.2) is 11.6 Å². The highest BCUT2D eigenvalue weighted by Crippen LogP contribution is 2.41. The topological polar surface area (TPSA) is 42.8 Å². The van der Waals surface area contributed by atoms with Crippen LogP contribution in [0.3, 0.4) is 0 Å². The maximum absolute atomic E-state index is 14.4. The van der Waals surface area contributed by atoms with Crippen LogP contribution in [0.2, 0.25) is 0 Å². The van der Waals surface area contributed by atoms with E-state index in [0.717, 1.165) is 66.4 Å². The number of rotatable bonds is 6. The summed E-state index contributed by atoms with van der Waals surface area (Å²) in [4.78, 5) is 9.09. The van der Waals surface area contributed by atoms with Gasteiger partial charge in [0.05, 0.1) is 7.11 Å². The summed E-state index contributed by atoms with van der Waals surface area (Å²) in [5.74, 6) is -0.413. The summed E-state index contributed by atoms with van der Waals surface area (Å²) < 4.78 is 41.4. The molecule has 5 rings (SSSR count). The molecule has 0 bridgehead atoms. The highest BCUT2D eigenvalue weighted by atomic mass is 19.1. The van der Waals surface area contributed by atoms with Crippen molar-refractivity contribution in [1.29, 1.82) is 0 Å². The smallest absolute Gasteiger partial charge is 0.238 e. The number of nitrogens with zero attached hydrogens (tertiary/aromatic N) is 4. The van der Waals surface area contributed by atoms with E-state index >= 15 is 0 Å². The molecule has 0 N–H and O–H groups in total. The fraction of sp³-hybridized carbons (Fsp3) is 0.296. The Kier molecular flexibility index (Phi) is 6.40. The summed E-state index contributed by atoms with van der Waals surface area (Å²) in [6, 6.07) is 11.2. The van der Waals surface area contributed by atoms with Gasteiger partial charge in [-0.05, 0) is 42.9 Å². The van der Waals surface area contributed by atoms with Gasteiger partial charge in [0, 0.05) is 74.7 Å². The number of aryl methyl sites for hydroxylation is 1. The molecule has 1 fully saturated rings. The van der Waals surface area contributed by atoms with Crippen LogP contribution in [0.1, 0.15) is 5.56 Å². The minimum atomic E-state index is -0.749. The lowest BCUT2D eigenvalue weighted by molar-refractivity contribution is 0.148. The Balaban J connectivity index is 1.59. The van der Waals surface area contributed by atoms with Crippen molar-refractivity contribution >= 4 is 10.9 Å². The van der Waals surface area contributed by atoms with Gasteiger partial charge < -0.3 is 18.9 Å². The van der Waals surface area contributed by atoms with Gasteiger partial charge >= 0.3 is 0 Å². The zero-order chi connectivity index (χ0) is 24.5. The molecule has 2 aromatic carbocycles. The summed E-state index contributed by atoms with van der Waals surface area (Å²) >= 11 is 0. The van der Waals surface area contributed by atoms with E-state index in [1.54, 1.807) is 13.3 Å². The lowest BCUT2D eigenvalue weighted by atomic mass is 10.0. The molecular weight excluding hydrogens is 450 g/mol. The van der Waals surface area contributed by atoms with E-state index in [9.17, 15) is 8.78 Å². The molecule has 0 radical (unpaired) electrons. The lowest BCUT2D eigenvalue weighted by Gasteiger charge is -2.32. The van der Waals surface area contributed by atoms with E-state index in [0.29, 0.717) is 11.6 Å². The van der Waals surface area contributed by atoms with E-state index < -0.39 is 11.6 Å². The molecule has 0 aliphatic carbocycles. The second kappa shape index (κ2) is 9.64. The Morgan fingerprint density at radius 1 is 0.914 bits per heavy atom. The van der Waals surface area contributed by atoms with Gasteiger partial charge in [0.2, 0.25) is 5.88 Å². The highest BCUT2D eigenvalue weighted by Gasteiger charge is 2.20. The quantitative estimate of drug-likeness (QED) is 0.387. The molecule has 8 heteroatoms. The molecule has 1 aliphatic rings. The normalized spacial score (nSPS) is 15.0. The van der Waals surface area contributed by atoms with E-state index in [-0.39, 0.29) is 5.75 Å². The van der Waals surface area contributed by atoms with Crippen molar-refractivity contribution in [3.8, 4) is 28.5 Å². The van der Waals surface area contributed by atoms with Crippen molar-refractivity contribution in [2.45, 2.75) is 6.54 Å². The van der Waals surface area contributed by atoms with Gasteiger partial charge in [0.1, 0.15) is 17.1 Å². The van der Waals surface area contributed by atoms with Gasteiger partial charge in [0.25, 0.3) is 0 Å². The Labute approximate surface area is 203 Å². The van der Waals surface area contributed by atoms with Crippen LogP contribution < -0.4 is 9.47 Å². The number of pyridine rings is 1. The van der Waals surface area contributed by atoms with Gasteiger partial charge in [-0.3, -0.25) is 4.90 Å². The van der Waals surface area contributed by atoms with Crippen LogP contribution in [0.15, 0.2) is 54.9 Å². The summed E-state index contributed by atoms with van der Waals surface area (Å²) in [6.07, 6.45) is 3.70. The molecule has 4 aromatic rings. The van der Waals surface area contributed by atoms with Crippen molar-refractivity contribution in [2.24, 2.45) is 7.05 Å². The van der Waals surface area contributed by atoms with Crippen LogP contribution in [-0.2, 0) is 13.6 Å². The fourth-order valence-electron chi connectivity index (χ4n) is 4.60. The first kappa shape index (κ1) is 23.3. The molecule has 0 amide bonds. The molecule has 6 nitrogen and oxygen atoms in total. The molecule has 0 unspecified atom stereocenters. The summed E-state index contributed by atoms with van der Waals surface area (Å²) in [5, 5.41) is 0.945. The Morgan fingerprint density at radius 2 is 1.69 bits per heavy atom. The van der Waals surface area contributed by atoms with E-state index in [2.05, 4.69) is 27.9 Å². The van der Waals surface area contributed by atoms with Crippen molar-refractivity contribution in [3.05, 3.63) is 72.1 Å². The van der Waals surface area contributed by atoms with Crippen molar-refractivity contribution < 1.29 is 18.3 Å². The minimum Gasteiger partial charge on any atom is -0.479 e. The summed E-state index contributed by atoms with van der Waals surface area (Å²) in [6.45, 7) is 4.88. The largest absolute Gasteiger partial charge is 0.479 e. The van der Waals surface area contributed by atoms with E-state index in [1.807, 2.05) is 36.0 Å². The molecule has 2 aromatic heterocycles. The predicted molar refractivity (Wildman–Crippen MR) is 132 cm³/mol. The van der Waals surface area contributed by atoms with Gasteiger partial charge in [-0.2, -0.15) is 0 Å². The Bertz CT molecular complexity index is 1360. The molecule has 1 saturated heterocycles. The van der Waals surface area contributed by atoms with E-state index in [1.165, 1.54) is 12.1 Å². The Morgan fingerprint density at radius 3 is 2.43 bits per heavy atom. The lowest BCUT2D eigenvalue weighted by Crippen LogP contribution is -2.43. The number of likely N-dealkylation sites (N-methyl/N-ethyl adjacent to an activating group) is 1. The van der Waals surface area contributed by atoms with Crippen LogP contribution in [0.5, 0.6) is 17.4 Å². The predicted octanol–water partition coefficient (Wildman–Crippen LogP) is 5.07. The molecule has 35 heavy (non-hydrogen) atoms. The molecule has 0 atom stereocenters. The van der Waals surface area contributed by atoms with Gasteiger partial charge in [-0.15, -0.1) is 0 Å². The third-order valence-corrected chi connectivity index (χ3v) is 6.50. The standard InChI is InChI=1S/C27H28F2N4O2/c1-31-10-12-33(13-11-31)16-18-4-6-24(35-25-7-5-19(28)15-23(25)29)21(14-18)22-17-32(2)26-20(22)8-9-30-27(26)34-3/h4-9,14-15,17H,10-13,16H2,1-3H3. The number of hydrogen-bond acceptors (Lipinski definition) is 5. The third kappa shape index (κ3) is 4.72. The maximum Gasteiger partial charge on any atom is 0.238 e. The van der Waals surface area contributed by atoms with Crippen LogP contribution in [0.25, 0.3) is 22.0 Å². The number of benzene rings is 2. The third-order valence-electron chi connectivity index (χ3n) is 6.50. The molecular formula is C27H28F2N4O2. The van der Waals surface area contributed by atoms with Gasteiger partial charge in [-0.1, -0.05) is 6.07 Å². The fourth-order valence-corrected chi connectivity index (χ4v) is 4.60. The number of hydrogen-bond donors (Lipinski definition) is 0. The average Bonchev–Trinajstić information content (AvgIpc) is 3.19. The number of methoxy groups -OCH3 is 1. The maximum atomic E-state index is 14.4. The zero-order valence-corrected chi connectivity index (χ0v) is 20.1. The second-order valence-corrected chi connectivity index (χ2v) is 8.96. The van der Waals surface area contributed by atoms with Crippen LogP contribution in [-0.4, -0.2) is 59.7 Å². The monoisotopic (exact) mass is 478 g/mol. The van der Waals surface area contributed by atoms with E-state index in [4.69, 9.17) is 9.47 Å². The Hall–Kier alpha value is -3.49. The molecule has 3 heterocycles. The first-order chi connectivity index (χ1) is 16.9. The van der Waals surface area contributed by atoms with Crippen LogP contribution in [0, 0.1) is 11.6 Å². The van der Waals surface area contributed by atoms with Crippen molar-refractivity contribution in [1.82, 2.24) is 19.4 Å². The molecule has 182 valence electrons. The summed E-state index contributed by atoms with van der Waals surface area (Å²) in [7, 11) is 5.67. The second-order valence-electron chi connectivity index (χ2n) is 8.96. The SMILES string of the molecule is COc1nccc2c(-c3cc(CN4CCN(C)CC4)ccc3Oc3ccc(F)cc3F)cn(C)c12. The number of halogens is 2. The molecule has 0 spiro atoms. The van der Waals surface area contributed by atoms with Crippen molar-refractivity contribution in [2.75, 3.05) is 40.3 Å². The minimum absolute atomic E-state index is 0.0287. The first-order valence-corrected chi connectivity index (χ1v) is 11.6. The number of fused-ring (bicyclic) bond motifs is 1. The first-order valence-electron chi connectivity index (χ1n) is 11.6. The zero-order valence-electron chi connectivity index (χ0n) is 20.1.